The van der Waals surface area contributed by atoms with Crippen LogP contribution in [-0.4, -0.2) is 112 Å². The Morgan fingerprint density at radius 3 is 2.34 bits per heavy atom. The molecule has 0 radical (unpaired) electrons. The van der Waals surface area contributed by atoms with E-state index in [0.717, 1.165) is 29.5 Å². The number of piperidine rings is 3. The fourth-order valence-corrected chi connectivity index (χ4v) is 8.68. The maximum Gasteiger partial charge on any atom is 0.257 e. The Hall–Kier alpha value is -6.35. The maximum absolute atomic E-state index is 13.5. The number of imide groups is 1. The van der Waals surface area contributed by atoms with Gasteiger partial charge in [0.2, 0.25) is 29.6 Å². The lowest BCUT2D eigenvalue weighted by Crippen LogP contribution is -2.52. The van der Waals surface area contributed by atoms with Crippen LogP contribution in [0.4, 0.5) is 5.95 Å². The Kier molecular flexibility index (Phi) is 12.6. The molecule has 1 aromatic heterocycles. The number of rotatable bonds is 12. The van der Waals surface area contributed by atoms with Crippen LogP contribution < -0.4 is 20.7 Å². The molecule has 5 heterocycles. The van der Waals surface area contributed by atoms with E-state index in [2.05, 4.69) is 45.2 Å². The Morgan fingerprint density at radius 1 is 0.836 bits per heavy atom. The number of fused-ring (bicyclic) bond motifs is 1. The molecule has 16 heteroatoms. The predicted molar refractivity (Wildman–Crippen MR) is 226 cm³/mol. The number of carbonyl (C=O) groups is 6. The molecular formula is C45H47ClN8O7. The summed E-state index contributed by atoms with van der Waals surface area (Å²) in [7, 11) is 0. The minimum absolute atomic E-state index is 0.0839. The zero-order chi connectivity index (χ0) is 42.5. The van der Waals surface area contributed by atoms with E-state index < -0.39 is 17.9 Å². The first kappa shape index (κ1) is 41.4. The number of likely N-dealkylation sites (tertiary alicyclic amines) is 2. The molecule has 0 bridgehead atoms. The molecule has 1 atom stereocenters. The number of benzene rings is 3. The van der Waals surface area contributed by atoms with E-state index >= 15 is 0 Å². The number of nitrogens with one attached hydrogen (secondary N) is 3. The van der Waals surface area contributed by atoms with Crippen molar-refractivity contribution < 1.29 is 33.5 Å². The first-order valence-corrected chi connectivity index (χ1v) is 21.2. The highest BCUT2D eigenvalue weighted by atomic mass is 35.5. The van der Waals surface area contributed by atoms with Crippen LogP contribution in [0.2, 0.25) is 5.02 Å². The summed E-state index contributed by atoms with van der Waals surface area (Å²) < 4.78 is 5.66. The van der Waals surface area contributed by atoms with E-state index in [-0.39, 0.29) is 74.5 Å². The van der Waals surface area contributed by atoms with Crippen molar-refractivity contribution in [2.45, 2.75) is 63.6 Å². The molecule has 4 aliphatic rings. The van der Waals surface area contributed by atoms with Crippen LogP contribution in [0.25, 0.3) is 22.4 Å². The number of ether oxygens (including phenoxy) is 1. The summed E-state index contributed by atoms with van der Waals surface area (Å²) in [4.78, 5) is 90.2. The fourth-order valence-electron chi connectivity index (χ4n) is 8.48. The monoisotopic (exact) mass is 846 g/mol. The van der Waals surface area contributed by atoms with Gasteiger partial charge < -0.3 is 30.1 Å². The van der Waals surface area contributed by atoms with Crippen LogP contribution in [-0.2, 0) is 30.5 Å². The normalized spacial score (nSPS) is 18.4. The van der Waals surface area contributed by atoms with Crippen molar-refractivity contribution in [3.8, 4) is 28.1 Å². The first-order chi connectivity index (χ1) is 29.6. The highest BCUT2D eigenvalue weighted by molar-refractivity contribution is 6.33. The summed E-state index contributed by atoms with van der Waals surface area (Å²) in [6.45, 7) is 2.27. The summed E-state index contributed by atoms with van der Waals surface area (Å²) >= 11 is 6.57. The molecule has 1 unspecified atom stereocenters. The number of hydrogen-bond acceptors (Lipinski definition) is 10. The summed E-state index contributed by atoms with van der Waals surface area (Å²) in [5.74, 6) is -0.724. The molecule has 3 aromatic carbocycles. The molecule has 4 aromatic rings. The van der Waals surface area contributed by atoms with Crippen molar-refractivity contribution in [1.29, 1.82) is 0 Å². The second-order valence-corrected chi connectivity index (χ2v) is 16.3. The lowest BCUT2D eigenvalue weighted by molar-refractivity contribution is -0.141. The number of nitrogens with zero attached hydrogens (tertiary/aromatic N) is 5. The van der Waals surface area contributed by atoms with Gasteiger partial charge in [-0.3, -0.25) is 34.1 Å². The molecule has 3 N–H and O–H groups in total. The third kappa shape index (κ3) is 9.67. The average molecular weight is 847 g/mol. The van der Waals surface area contributed by atoms with Crippen LogP contribution in [0.3, 0.4) is 0 Å². The van der Waals surface area contributed by atoms with Crippen molar-refractivity contribution in [2.75, 3.05) is 44.6 Å². The number of hydrogen-bond donors (Lipinski definition) is 3. The van der Waals surface area contributed by atoms with E-state index in [9.17, 15) is 28.8 Å². The number of halogens is 1. The lowest BCUT2D eigenvalue weighted by Gasteiger charge is -2.37. The molecule has 15 nitrogen and oxygen atoms in total. The fraction of sp³-hybridized carbons (Fsp3) is 0.378. The van der Waals surface area contributed by atoms with Crippen LogP contribution in [0.15, 0.2) is 79.0 Å². The van der Waals surface area contributed by atoms with Crippen molar-refractivity contribution in [2.24, 2.45) is 5.92 Å². The Bertz CT molecular complexity index is 2330. The average Bonchev–Trinajstić information content (AvgIpc) is 3.61. The minimum Gasteiger partial charge on any atom is -0.484 e. The topological polar surface area (TPSA) is 183 Å². The van der Waals surface area contributed by atoms with Gasteiger partial charge in [0.05, 0.1) is 16.9 Å². The quantitative estimate of drug-likeness (QED) is 0.172. The minimum atomic E-state index is -0.717. The van der Waals surface area contributed by atoms with Gasteiger partial charge in [-0.25, -0.2) is 9.97 Å². The summed E-state index contributed by atoms with van der Waals surface area (Å²) in [6, 6.07) is 22.5. The molecule has 0 saturated carbocycles. The third-order valence-electron chi connectivity index (χ3n) is 11.8. The molecule has 4 aliphatic heterocycles. The van der Waals surface area contributed by atoms with Crippen molar-refractivity contribution in [3.63, 3.8) is 0 Å². The highest BCUT2D eigenvalue weighted by Gasteiger charge is 2.39. The second-order valence-electron chi connectivity index (χ2n) is 15.8. The molecular weight excluding hydrogens is 800 g/mol. The maximum atomic E-state index is 13.5. The lowest BCUT2D eigenvalue weighted by atomic mass is 9.93. The molecule has 3 fully saturated rings. The van der Waals surface area contributed by atoms with Gasteiger partial charge in [-0.2, -0.15) is 0 Å². The number of anilines is 1. The zero-order valence-electron chi connectivity index (χ0n) is 33.6. The van der Waals surface area contributed by atoms with Gasteiger partial charge in [-0.05, 0) is 73.1 Å². The van der Waals surface area contributed by atoms with Gasteiger partial charge in [0, 0.05) is 75.2 Å². The first-order valence-electron chi connectivity index (χ1n) is 20.8. The van der Waals surface area contributed by atoms with Gasteiger partial charge in [0.25, 0.3) is 11.8 Å². The highest BCUT2D eigenvalue weighted by Crippen LogP contribution is 2.32. The van der Waals surface area contributed by atoms with Crippen molar-refractivity contribution in [3.05, 3.63) is 95.1 Å². The molecule has 3 saturated heterocycles. The molecule has 6 amide bonds. The largest absolute Gasteiger partial charge is 0.484 e. The van der Waals surface area contributed by atoms with Crippen LogP contribution in [0.5, 0.6) is 5.75 Å². The smallest absolute Gasteiger partial charge is 0.257 e. The Morgan fingerprint density at radius 2 is 1.57 bits per heavy atom. The molecule has 316 valence electrons. The van der Waals surface area contributed by atoms with E-state index in [4.69, 9.17) is 21.3 Å². The van der Waals surface area contributed by atoms with Gasteiger partial charge in [0.15, 0.2) is 6.61 Å². The van der Waals surface area contributed by atoms with Crippen molar-refractivity contribution >= 4 is 53.0 Å². The van der Waals surface area contributed by atoms with E-state index in [1.165, 1.54) is 4.90 Å². The molecule has 0 spiro atoms. The van der Waals surface area contributed by atoms with Gasteiger partial charge in [0.1, 0.15) is 11.8 Å². The van der Waals surface area contributed by atoms with Crippen LogP contribution >= 0.6 is 11.6 Å². The third-order valence-corrected chi connectivity index (χ3v) is 12.1. The van der Waals surface area contributed by atoms with Crippen LogP contribution in [0.1, 0.15) is 60.9 Å². The summed E-state index contributed by atoms with van der Waals surface area (Å²) in [5.41, 5.74) is 4.85. The molecule has 61 heavy (non-hydrogen) atoms. The Labute approximate surface area is 358 Å². The number of amides is 6. The predicted octanol–water partition coefficient (Wildman–Crippen LogP) is 4.45. The van der Waals surface area contributed by atoms with E-state index in [1.54, 1.807) is 29.3 Å². The number of carbonyl (C=O) groups excluding carboxylic acids is 6. The second kappa shape index (κ2) is 18.5. The summed E-state index contributed by atoms with van der Waals surface area (Å²) in [6.07, 6.45) is 4.88. The number of aromatic nitrogens is 2. The standard InChI is InChI=1S/C45H47ClN8O7/c46-36-25-48-45(51-41(36)31-8-4-7-30(23-31)28-5-2-1-3-6-28)49-33-16-21-53(22-17-33)43(59)29-14-19-52(20-15-29)40(57)13-18-47-39(56)27-61-34-9-10-35-32(24-34)26-54(44(35)60)37-11-12-38(55)50-42(37)58/h1-10,23-25,29,33,37H,11-22,26-27H2,(H,47,56)(H,48,49,51)(H,50,55,58). The SMILES string of the molecule is O=C(COc1ccc2c(c1)CN(C1CCC(=O)NC1=O)C2=O)NCCC(=O)N1CCC(C(=O)N2CCC(Nc3ncc(Cl)c(-c4cccc(-c5ccccc5)c4)n3)CC2)CC1. The van der Waals surface area contributed by atoms with Gasteiger partial charge in [-0.1, -0.05) is 60.1 Å². The summed E-state index contributed by atoms with van der Waals surface area (Å²) in [5, 5.41) is 8.94. The van der Waals surface area contributed by atoms with Gasteiger partial charge in [-0.15, -0.1) is 0 Å². The zero-order valence-corrected chi connectivity index (χ0v) is 34.4. The van der Waals surface area contributed by atoms with Crippen molar-refractivity contribution in [1.82, 2.24) is 35.3 Å². The van der Waals surface area contributed by atoms with E-state index in [1.807, 2.05) is 35.2 Å². The van der Waals surface area contributed by atoms with Crippen LogP contribution in [0, 0.1) is 5.92 Å². The Balaban J connectivity index is 0.728. The van der Waals surface area contributed by atoms with E-state index in [0.29, 0.717) is 72.6 Å². The molecule has 0 aliphatic carbocycles. The van der Waals surface area contributed by atoms with Gasteiger partial charge >= 0.3 is 0 Å². The molecule has 8 rings (SSSR count).